The van der Waals surface area contributed by atoms with Gasteiger partial charge in [-0.15, -0.1) is 18.2 Å². The van der Waals surface area contributed by atoms with Gasteiger partial charge in [-0.05, 0) is 61.4 Å². The second-order valence-electron chi connectivity index (χ2n) is 13.3. The molecule has 0 aliphatic carbocycles. The maximum Gasteiger partial charge on any atom is 0 e. The van der Waals surface area contributed by atoms with Crippen LogP contribution in [0.25, 0.3) is 66.7 Å². The molecule has 8 rings (SSSR count). The number of fused-ring (bicyclic) bond motifs is 4. The SMILES string of the molecule is CC(C)n1c(-c2[c-]ccc3c2oc2ccc(-c4ccc(F)cc4)cc23)nc2ccccc21.[CH3][Ge]([CH3])([CH3])[c]1ccc(-c2[c-]cccc2)nc1.[Ir]. The largest absolute Gasteiger partial charge is 0 e. The van der Waals surface area contributed by atoms with E-state index >= 15 is 0 Å². The molecule has 1 radical (unpaired) electrons. The number of hydrogen-bond acceptors (Lipinski definition) is 3. The zero-order valence-corrected chi connectivity index (χ0v) is 32.6. The van der Waals surface area contributed by atoms with Crippen LogP contribution in [-0.4, -0.2) is 27.8 Å². The molecule has 7 heteroatoms. The van der Waals surface area contributed by atoms with Gasteiger partial charge in [0.15, 0.2) is 0 Å². The van der Waals surface area contributed by atoms with Gasteiger partial charge in [-0.2, -0.15) is 0 Å². The topological polar surface area (TPSA) is 43.9 Å². The van der Waals surface area contributed by atoms with E-state index in [9.17, 15) is 4.39 Å². The van der Waals surface area contributed by atoms with Crippen LogP contribution in [0.1, 0.15) is 19.9 Å². The number of halogens is 1. The van der Waals surface area contributed by atoms with Crippen molar-refractivity contribution in [1.29, 1.82) is 0 Å². The first-order valence-electron chi connectivity index (χ1n) is 16.2. The molecule has 0 saturated heterocycles. The average molecular weight is 883 g/mol. The number of aromatic nitrogens is 3. The van der Waals surface area contributed by atoms with Crippen LogP contribution in [-0.2, 0) is 20.1 Å². The van der Waals surface area contributed by atoms with E-state index in [1.165, 1.54) is 16.5 Å². The Morgan fingerprint density at radius 1 is 0.776 bits per heavy atom. The quantitative estimate of drug-likeness (QED) is 0.128. The Labute approximate surface area is 302 Å². The summed E-state index contributed by atoms with van der Waals surface area (Å²) in [5, 5.41) is 2.03. The number of pyridine rings is 1. The van der Waals surface area contributed by atoms with Gasteiger partial charge >= 0.3 is 99.8 Å². The van der Waals surface area contributed by atoms with Gasteiger partial charge in [0.25, 0.3) is 0 Å². The Morgan fingerprint density at radius 2 is 1.53 bits per heavy atom. The molecule has 0 spiro atoms. The van der Waals surface area contributed by atoms with E-state index in [1.807, 2.05) is 72.9 Å². The number of nitrogens with zero attached hydrogens (tertiary/aromatic N) is 3. The predicted molar refractivity (Wildman–Crippen MR) is 199 cm³/mol. The van der Waals surface area contributed by atoms with Crippen LogP contribution in [0.15, 0.2) is 126 Å². The molecule has 0 bridgehead atoms. The third kappa shape index (κ3) is 7.05. The van der Waals surface area contributed by atoms with Crippen LogP contribution in [0.3, 0.4) is 0 Å². The van der Waals surface area contributed by atoms with Crippen molar-refractivity contribution in [3.63, 3.8) is 0 Å². The summed E-state index contributed by atoms with van der Waals surface area (Å²) in [5.41, 5.74) is 8.54. The van der Waals surface area contributed by atoms with E-state index in [0.29, 0.717) is 0 Å². The number of hydrogen-bond donors (Lipinski definition) is 0. The number of furan rings is 1. The minimum Gasteiger partial charge on any atom is 0 e. The first-order valence-corrected chi connectivity index (χ1v) is 23.6. The first-order chi connectivity index (χ1) is 23.2. The fourth-order valence-electron chi connectivity index (χ4n) is 6.02. The summed E-state index contributed by atoms with van der Waals surface area (Å²) in [6.45, 7) is 4.32. The molecule has 0 aliphatic rings. The number of rotatable bonds is 5. The molecule has 5 aromatic carbocycles. The standard InChI is InChI=1S/C28H20FN2O.C14H16GeN.Ir/c1-17(2)31-25-9-4-3-8-24(25)30-28(31)22-7-5-6-21-23-16-19(12-15-26(23)32-27(21)22)18-10-13-20(29)14-11-18;1-15(2,3)13-9-10-14(16-11-13)12-7-5-4-6-8-12;/h3-6,8-17H,1-2H3;4-7,9-11H,1-3H3;/q2*-1;. The zero-order chi connectivity index (χ0) is 33.4. The van der Waals surface area contributed by atoms with Crippen molar-refractivity contribution in [3.8, 4) is 33.8 Å². The summed E-state index contributed by atoms with van der Waals surface area (Å²) in [6.07, 6.45) is 2.04. The molecule has 0 unspecified atom stereocenters. The van der Waals surface area contributed by atoms with Gasteiger partial charge in [-0.3, -0.25) is 4.98 Å². The summed E-state index contributed by atoms with van der Waals surface area (Å²) < 4.78 is 23.4. The van der Waals surface area contributed by atoms with Crippen molar-refractivity contribution < 1.29 is 28.9 Å². The van der Waals surface area contributed by atoms with Crippen molar-refractivity contribution in [3.05, 3.63) is 139 Å². The molecule has 247 valence electrons. The fourth-order valence-corrected chi connectivity index (χ4v) is 8.19. The van der Waals surface area contributed by atoms with Crippen molar-refractivity contribution in [2.45, 2.75) is 37.2 Å². The molecule has 0 fully saturated rings. The molecule has 4 nitrogen and oxygen atoms in total. The third-order valence-corrected chi connectivity index (χ3v) is 12.8. The van der Waals surface area contributed by atoms with Gasteiger partial charge < -0.3 is 8.98 Å². The smallest absolute Gasteiger partial charge is 0 e. The minimum absolute atomic E-state index is 0. The maximum atomic E-state index is 13.4. The molecule has 3 heterocycles. The van der Waals surface area contributed by atoms with Crippen molar-refractivity contribution in [2.75, 3.05) is 0 Å². The molecule has 0 saturated carbocycles. The fraction of sp³-hybridized carbons (Fsp3) is 0.143. The van der Waals surface area contributed by atoms with Gasteiger partial charge in [0.2, 0.25) is 0 Å². The second-order valence-corrected chi connectivity index (χ2v) is 23.9. The normalized spacial score (nSPS) is 11.5. The number of imidazole rings is 1. The van der Waals surface area contributed by atoms with Gasteiger partial charge in [0.1, 0.15) is 11.4 Å². The van der Waals surface area contributed by atoms with Crippen molar-refractivity contribution in [1.82, 2.24) is 14.5 Å². The average Bonchev–Trinajstić information content (AvgIpc) is 3.68. The van der Waals surface area contributed by atoms with E-state index in [2.05, 4.69) is 77.1 Å². The van der Waals surface area contributed by atoms with Crippen molar-refractivity contribution in [2.24, 2.45) is 0 Å². The zero-order valence-electron chi connectivity index (χ0n) is 28.1. The molecular formula is C42H36FGeIrN3O-2. The van der Waals surface area contributed by atoms with Crippen LogP contribution in [0, 0.1) is 17.9 Å². The van der Waals surface area contributed by atoms with E-state index < -0.39 is 13.3 Å². The molecule has 0 amide bonds. The van der Waals surface area contributed by atoms with Crippen LogP contribution >= 0.6 is 0 Å². The molecule has 0 aliphatic heterocycles. The summed E-state index contributed by atoms with van der Waals surface area (Å²) >= 11 is -1.72. The van der Waals surface area contributed by atoms with E-state index in [-0.39, 0.29) is 32.0 Å². The summed E-state index contributed by atoms with van der Waals surface area (Å²) in [7, 11) is 0. The van der Waals surface area contributed by atoms with Crippen LogP contribution in [0.2, 0.25) is 17.3 Å². The Balaban J connectivity index is 0.000000208. The second kappa shape index (κ2) is 14.2. The number of benzene rings is 5. The summed E-state index contributed by atoms with van der Waals surface area (Å²) in [6, 6.07) is 43.9. The van der Waals surface area contributed by atoms with Crippen LogP contribution in [0.4, 0.5) is 4.39 Å². The van der Waals surface area contributed by atoms with E-state index in [0.717, 1.165) is 66.7 Å². The Hall–Kier alpha value is -4.36. The molecule has 49 heavy (non-hydrogen) atoms. The first kappa shape index (κ1) is 34.5. The minimum atomic E-state index is -1.72. The monoisotopic (exact) mass is 884 g/mol. The van der Waals surface area contributed by atoms with Gasteiger partial charge in [0, 0.05) is 31.5 Å². The molecule has 0 N–H and O–H groups in total. The predicted octanol–water partition coefficient (Wildman–Crippen LogP) is 10.9. The van der Waals surface area contributed by atoms with Crippen LogP contribution in [0.5, 0.6) is 0 Å². The molecular weight excluding hydrogens is 846 g/mol. The Bertz CT molecular complexity index is 2360. The van der Waals surface area contributed by atoms with Gasteiger partial charge in [-0.1, -0.05) is 41.3 Å². The Kier molecular flexibility index (Phi) is 10.0. The van der Waals surface area contributed by atoms with E-state index in [1.54, 1.807) is 12.1 Å². The summed E-state index contributed by atoms with van der Waals surface area (Å²) in [5.74, 6) is 7.75. The van der Waals surface area contributed by atoms with Gasteiger partial charge in [0.05, 0.1) is 22.4 Å². The maximum absolute atomic E-state index is 13.4. The Morgan fingerprint density at radius 3 is 2.22 bits per heavy atom. The summed E-state index contributed by atoms with van der Waals surface area (Å²) in [4.78, 5) is 9.47. The van der Waals surface area contributed by atoms with Crippen molar-refractivity contribution >= 4 is 50.6 Å². The number of para-hydroxylation sites is 2. The van der Waals surface area contributed by atoms with Crippen LogP contribution < -0.4 is 4.40 Å². The van der Waals surface area contributed by atoms with Gasteiger partial charge in [-0.25, -0.2) is 4.39 Å². The molecule has 3 aromatic heterocycles. The molecule has 8 aromatic rings. The third-order valence-electron chi connectivity index (χ3n) is 8.56. The van der Waals surface area contributed by atoms with E-state index in [4.69, 9.17) is 9.40 Å². The molecule has 0 atom stereocenters.